The van der Waals surface area contributed by atoms with Crippen molar-refractivity contribution in [2.45, 2.75) is 32.2 Å². The molecule has 2 amide bonds. The molecule has 142 valence electrons. The normalized spacial score (nSPS) is 23.0. The number of pyridine rings is 1. The number of piperidine rings is 2. The van der Waals surface area contributed by atoms with Gasteiger partial charge in [-0.1, -0.05) is 0 Å². The lowest BCUT2D eigenvalue weighted by atomic mass is 9.73. The fourth-order valence-corrected chi connectivity index (χ4v) is 4.29. The van der Waals surface area contributed by atoms with Crippen LogP contribution in [0.2, 0.25) is 0 Å². The van der Waals surface area contributed by atoms with Crippen LogP contribution in [0.5, 0.6) is 0 Å². The molecule has 3 N–H and O–H groups in total. The Balaban J connectivity index is 1.48. The first kappa shape index (κ1) is 17.5. The highest BCUT2D eigenvalue weighted by Crippen LogP contribution is 2.39. The van der Waals surface area contributed by atoms with Gasteiger partial charge in [-0.15, -0.1) is 0 Å². The van der Waals surface area contributed by atoms with E-state index in [-0.39, 0.29) is 17.2 Å². The number of hydrogen-bond acceptors (Lipinski definition) is 5. The summed E-state index contributed by atoms with van der Waals surface area (Å²) in [5.41, 5.74) is 7.08. The van der Waals surface area contributed by atoms with E-state index >= 15 is 0 Å². The molecule has 4 rings (SSSR count). The zero-order valence-electron chi connectivity index (χ0n) is 15.2. The van der Waals surface area contributed by atoms with Crippen molar-refractivity contribution in [3.63, 3.8) is 0 Å². The van der Waals surface area contributed by atoms with Crippen molar-refractivity contribution in [1.29, 1.82) is 0 Å². The van der Waals surface area contributed by atoms with Crippen LogP contribution in [0.1, 0.15) is 41.7 Å². The first-order chi connectivity index (χ1) is 13.0. The fourth-order valence-electron chi connectivity index (χ4n) is 4.29. The minimum Gasteiger partial charge on any atom is -0.382 e. The molecule has 0 saturated carbocycles. The molecule has 2 aromatic rings. The minimum atomic E-state index is -0.0733. The molecule has 8 heteroatoms. The summed E-state index contributed by atoms with van der Waals surface area (Å²) in [5.74, 6) is 0.426. The Morgan fingerprint density at radius 2 is 2.07 bits per heavy atom. The van der Waals surface area contributed by atoms with Crippen LogP contribution in [0.3, 0.4) is 0 Å². The molecule has 2 aliphatic rings. The Morgan fingerprint density at radius 1 is 1.26 bits per heavy atom. The quantitative estimate of drug-likeness (QED) is 0.852. The molecule has 2 saturated heterocycles. The van der Waals surface area contributed by atoms with Gasteiger partial charge in [0.2, 0.25) is 5.91 Å². The average Bonchev–Trinajstić information content (AvgIpc) is 3.12. The number of nitrogens with zero attached hydrogens (tertiary/aromatic N) is 4. The number of nitrogens with one attached hydrogen (secondary N) is 1. The molecule has 1 spiro atoms. The maximum absolute atomic E-state index is 12.8. The van der Waals surface area contributed by atoms with E-state index in [9.17, 15) is 9.59 Å². The number of aromatic nitrogens is 3. The summed E-state index contributed by atoms with van der Waals surface area (Å²) in [6, 6.07) is 5.45. The molecule has 1 atom stereocenters. The van der Waals surface area contributed by atoms with Crippen LogP contribution in [0, 0.1) is 5.41 Å². The summed E-state index contributed by atoms with van der Waals surface area (Å²) >= 11 is 0. The number of nitrogen functional groups attached to an aromatic ring is 1. The summed E-state index contributed by atoms with van der Waals surface area (Å²) in [7, 11) is 0. The first-order valence-electron chi connectivity index (χ1n) is 9.32. The van der Waals surface area contributed by atoms with Gasteiger partial charge >= 0.3 is 0 Å². The summed E-state index contributed by atoms with van der Waals surface area (Å²) in [4.78, 5) is 33.1. The lowest BCUT2D eigenvalue weighted by molar-refractivity contribution is -0.139. The van der Waals surface area contributed by atoms with Crippen LogP contribution in [-0.2, 0) is 11.3 Å². The van der Waals surface area contributed by atoms with Crippen LogP contribution in [0.4, 0.5) is 5.82 Å². The number of rotatable bonds is 3. The molecule has 2 aliphatic heterocycles. The van der Waals surface area contributed by atoms with Gasteiger partial charge in [-0.3, -0.25) is 19.7 Å². The average molecular weight is 368 g/mol. The molecule has 0 bridgehead atoms. The zero-order valence-corrected chi connectivity index (χ0v) is 15.2. The number of H-pyrrole nitrogens is 1. The van der Waals surface area contributed by atoms with E-state index in [1.54, 1.807) is 18.5 Å². The zero-order chi connectivity index (χ0) is 18.9. The van der Waals surface area contributed by atoms with Crippen molar-refractivity contribution in [3.8, 4) is 0 Å². The predicted octanol–water partition coefficient (Wildman–Crippen LogP) is 1.43. The largest absolute Gasteiger partial charge is 0.382 e. The highest BCUT2D eigenvalue weighted by Gasteiger charge is 2.43. The summed E-state index contributed by atoms with van der Waals surface area (Å²) in [6.07, 6.45) is 6.82. The molecule has 2 fully saturated rings. The van der Waals surface area contributed by atoms with Crippen molar-refractivity contribution in [1.82, 2.24) is 25.0 Å². The molecular weight excluding hydrogens is 344 g/mol. The van der Waals surface area contributed by atoms with Crippen molar-refractivity contribution in [2.75, 3.05) is 25.4 Å². The Morgan fingerprint density at radius 3 is 2.81 bits per heavy atom. The van der Waals surface area contributed by atoms with Crippen LogP contribution in [0.25, 0.3) is 0 Å². The topological polar surface area (TPSA) is 108 Å². The molecule has 0 aliphatic carbocycles. The summed E-state index contributed by atoms with van der Waals surface area (Å²) < 4.78 is 0. The molecule has 0 radical (unpaired) electrons. The number of likely N-dealkylation sites (tertiary alicyclic amines) is 2. The van der Waals surface area contributed by atoms with Crippen molar-refractivity contribution < 1.29 is 9.59 Å². The lowest BCUT2D eigenvalue weighted by Crippen LogP contribution is -2.54. The highest BCUT2D eigenvalue weighted by molar-refractivity contribution is 5.93. The van der Waals surface area contributed by atoms with Gasteiger partial charge in [-0.2, -0.15) is 5.10 Å². The number of anilines is 1. The van der Waals surface area contributed by atoms with Crippen molar-refractivity contribution in [2.24, 2.45) is 5.41 Å². The highest BCUT2D eigenvalue weighted by atomic mass is 16.2. The monoisotopic (exact) mass is 368 g/mol. The summed E-state index contributed by atoms with van der Waals surface area (Å²) in [5, 5.41) is 6.56. The van der Waals surface area contributed by atoms with E-state index < -0.39 is 0 Å². The van der Waals surface area contributed by atoms with Gasteiger partial charge in [-0.05, 0) is 37.0 Å². The molecule has 2 aromatic heterocycles. The van der Waals surface area contributed by atoms with Gasteiger partial charge in [0, 0.05) is 56.5 Å². The predicted molar refractivity (Wildman–Crippen MR) is 99.5 cm³/mol. The van der Waals surface area contributed by atoms with Gasteiger partial charge in [0.15, 0.2) is 0 Å². The number of hydrogen-bond donors (Lipinski definition) is 2. The van der Waals surface area contributed by atoms with Crippen LogP contribution < -0.4 is 5.73 Å². The smallest absolute Gasteiger partial charge is 0.271 e. The Bertz CT molecular complexity index is 836. The second-order valence-corrected chi connectivity index (χ2v) is 7.64. The second-order valence-electron chi connectivity index (χ2n) is 7.64. The molecular formula is C19H24N6O2. The summed E-state index contributed by atoms with van der Waals surface area (Å²) in [6.45, 7) is 2.65. The Labute approximate surface area is 157 Å². The van der Waals surface area contributed by atoms with E-state index in [1.165, 1.54) is 0 Å². The number of amides is 2. The maximum atomic E-state index is 12.8. The van der Waals surface area contributed by atoms with Crippen molar-refractivity contribution in [3.05, 3.63) is 41.9 Å². The van der Waals surface area contributed by atoms with Gasteiger partial charge in [0.1, 0.15) is 11.5 Å². The molecule has 8 nitrogen and oxygen atoms in total. The SMILES string of the molecule is Nc1cc(C(=O)N2CCCC3(CCC(=O)N(Cc4ccncc4)C3)C2)[nH]n1. The van der Waals surface area contributed by atoms with E-state index in [1.807, 2.05) is 21.9 Å². The Kier molecular flexibility index (Phi) is 4.55. The third-order valence-electron chi connectivity index (χ3n) is 5.65. The third-order valence-corrected chi connectivity index (χ3v) is 5.65. The van der Waals surface area contributed by atoms with E-state index in [4.69, 9.17) is 5.73 Å². The van der Waals surface area contributed by atoms with Crippen LogP contribution in [-0.4, -0.2) is 56.4 Å². The number of carbonyl (C=O) groups excluding carboxylic acids is 2. The van der Waals surface area contributed by atoms with E-state index in [0.29, 0.717) is 37.6 Å². The van der Waals surface area contributed by atoms with Gasteiger partial charge in [-0.25, -0.2) is 0 Å². The van der Waals surface area contributed by atoms with Crippen molar-refractivity contribution >= 4 is 17.6 Å². The molecule has 0 aromatic carbocycles. The first-order valence-corrected chi connectivity index (χ1v) is 9.32. The third kappa shape index (κ3) is 3.65. The molecule has 27 heavy (non-hydrogen) atoms. The number of nitrogens with two attached hydrogens (primary N) is 1. The fraction of sp³-hybridized carbons (Fsp3) is 0.474. The van der Waals surface area contributed by atoms with Crippen LogP contribution >= 0.6 is 0 Å². The standard InChI is InChI=1S/C19H24N6O2/c20-16-10-15(22-23-16)18(27)24-9-1-5-19(12-24)6-2-17(26)25(13-19)11-14-3-7-21-8-4-14/h3-4,7-8,10H,1-2,5-6,9,11-13H2,(H3,20,22,23). The minimum absolute atomic E-state index is 0.0413. The molecule has 4 heterocycles. The maximum Gasteiger partial charge on any atom is 0.271 e. The second kappa shape index (κ2) is 7.02. The number of aromatic amines is 1. The molecule has 1 unspecified atom stereocenters. The van der Waals surface area contributed by atoms with E-state index in [0.717, 1.165) is 31.4 Å². The van der Waals surface area contributed by atoms with Crippen LogP contribution in [0.15, 0.2) is 30.6 Å². The lowest BCUT2D eigenvalue weighted by Gasteiger charge is -2.48. The van der Waals surface area contributed by atoms with Gasteiger partial charge < -0.3 is 15.5 Å². The number of carbonyl (C=O) groups is 2. The van der Waals surface area contributed by atoms with Gasteiger partial charge in [0.05, 0.1) is 0 Å². The van der Waals surface area contributed by atoms with Gasteiger partial charge in [0.25, 0.3) is 5.91 Å². The van der Waals surface area contributed by atoms with E-state index in [2.05, 4.69) is 15.2 Å². The Hall–Kier alpha value is -2.90.